The van der Waals surface area contributed by atoms with Crippen LogP contribution in [0.3, 0.4) is 0 Å². The summed E-state index contributed by atoms with van der Waals surface area (Å²) in [5, 5.41) is 8.78. The van der Waals surface area contributed by atoms with Gasteiger partial charge in [0.2, 0.25) is 0 Å². The largest absolute Gasteiger partial charge is 0.312 e. The first-order valence-corrected chi connectivity index (χ1v) is 10.3. The lowest BCUT2D eigenvalue weighted by Gasteiger charge is -2.40. The number of ketones is 1. The predicted octanol–water partition coefficient (Wildman–Crippen LogP) is 4.15. The van der Waals surface area contributed by atoms with Gasteiger partial charge in [0.25, 0.3) is 0 Å². The Bertz CT molecular complexity index is 784. The molecule has 0 spiro atoms. The molecule has 0 amide bonds. The number of piperidine rings is 1. The Kier molecular flexibility index (Phi) is 5.13. The molecule has 1 aromatic carbocycles. The lowest BCUT2D eigenvalue weighted by atomic mass is 9.95. The SMILES string of the molecule is Cc1nnc(C(C)C)n1C1CC2CCC(C1)N2CCC(=O)c1ccccc1. The van der Waals surface area contributed by atoms with E-state index in [1.807, 2.05) is 30.3 Å². The van der Waals surface area contributed by atoms with Crippen LogP contribution in [-0.4, -0.2) is 44.1 Å². The summed E-state index contributed by atoms with van der Waals surface area (Å²) in [4.78, 5) is 15.1. The maximum Gasteiger partial charge on any atom is 0.164 e. The molecule has 2 atom stereocenters. The first kappa shape index (κ1) is 18.4. The summed E-state index contributed by atoms with van der Waals surface area (Å²) in [5.74, 6) is 2.81. The van der Waals surface area contributed by atoms with Crippen molar-refractivity contribution in [2.24, 2.45) is 0 Å². The van der Waals surface area contributed by atoms with Gasteiger partial charge in [0, 0.05) is 42.6 Å². The number of carbonyl (C=O) groups is 1. The highest BCUT2D eigenvalue weighted by molar-refractivity contribution is 5.96. The third kappa shape index (κ3) is 3.57. The van der Waals surface area contributed by atoms with Gasteiger partial charge in [-0.05, 0) is 32.6 Å². The Morgan fingerprint density at radius 3 is 2.37 bits per heavy atom. The Morgan fingerprint density at radius 2 is 1.74 bits per heavy atom. The first-order valence-electron chi connectivity index (χ1n) is 10.3. The summed E-state index contributed by atoms with van der Waals surface area (Å²) in [6, 6.07) is 11.3. The Hall–Kier alpha value is -2.01. The number of aromatic nitrogens is 3. The molecule has 2 aliphatic rings. The fraction of sp³-hybridized carbons (Fsp3) is 0.591. The molecule has 0 aliphatic carbocycles. The van der Waals surface area contributed by atoms with Gasteiger partial charge >= 0.3 is 0 Å². The second-order valence-corrected chi connectivity index (χ2v) is 8.42. The quantitative estimate of drug-likeness (QED) is 0.721. The first-order chi connectivity index (χ1) is 13.0. The van der Waals surface area contributed by atoms with Gasteiger partial charge in [0.1, 0.15) is 11.6 Å². The molecule has 2 aromatic rings. The highest BCUT2D eigenvalue weighted by Gasteiger charge is 2.42. The second-order valence-electron chi connectivity index (χ2n) is 8.42. The average Bonchev–Trinajstić information content (AvgIpc) is 3.16. The van der Waals surface area contributed by atoms with Crippen molar-refractivity contribution in [1.29, 1.82) is 0 Å². The molecule has 0 saturated carbocycles. The number of aryl methyl sites for hydroxylation is 1. The summed E-state index contributed by atoms with van der Waals surface area (Å²) in [7, 11) is 0. The molecule has 144 valence electrons. The summed E-state index contributed by atoms with van der Waals surface area (Å²) in [6.45, 7) is 7.34. The molecule has 4 rings (SSSR count). The van der Waals surface area contributed by atoms with Crippen LogP contribution in [0.4, 0.5) is 0 Å². The van der Waals surface area contributed by atoms with Crippen LogP contribution in [-0.2, 0) is 0 Å². The molecule has 0 N–H and O–H groups in total. The predicted molar refractivity (Wildman–Crippen MR) is 106 cm³/mol. The molecule has 5 heteroatoms. The van der Waals surface area contributed by atoms with E-state index >= 15 is 0 Å². The fourth-order valence-electron chi connectivity index (χ4n) is 5.05. The minimum atomic E-state index is 0.258. The Labute approximate surface area is 161 Å². The van der Waals surface area contributed by atoms with E-state index in [-0.39, 0.29) is 5.78 Å². The number of carbonyl (C=O) groups excluding carboxylic acids is 1. The van der Waals surface area contributed by atoms with Crippen LogP contribution in [0.1, 0.15) is 79.9 Å². The standard InChI is InChI=1S/C22H30N4O/c1-15(2)22-24-23-16(3)26(22)20-13-18-9-10-19(14-20)25(18)12-11-21(27)17-7-5-4-6-8-17/h4-8,15,18-20H,9-14H2,1-3H3. The molecular weight excluding hydrogens is 336 g/mol. The van der Waals surface area contributed by atoms with Gasteiger partial charge in [-0.25, -0.2) is 0 Å². The zero-order chi connectivity index (χ0) is 19.0. The van der Waals surface area contributed by atoms with Crippen molar-refractivity contribution in [3.63, 3.8) is 0 Å². The molecular formula is C22H30N4O. The van der Waals surface area contributed by atoms with Crippen molar-refractivity contribution >= 4 is 5.78 Å². The normalized spacial score (nSPS) is 25.3. The smallest absolute Gasteiger partial charge is 0.164 e. The minimum Gasteiger partial charge on any atom is -0.312 e. The van der Waals surface area contributed by atoms with Gasteiger partial charge < -0.3 is 4.57 Å². The second kappa shape index (κ2) is 7.55. The zero-order valence-electron chi connectivity index (χ0n) is 16.6. The molecule has 2 aliphatic heterocycles. The number of Topliss-reactive ketones (excluding diaryl/α,β-unsaturated/α-hetero) is 1. The fourth-order valence-corrected chi connectivity index (χ4v) is 5.05. The van der Waals surface area contributed by atoms with Crippen LogP contribution in [0.15, 0.2) is 30.3 Å². The van der Waals surface area contributed by atoms with Crippen molar-refractivity contribution in [3.05, 3.63) is 47.5 Å². The molecule has 5 nitrogen and oxygen atoms in total. The molecule has 2 fully saturated rings. The maximum absolute atomic E-state index is 12.5. The van der Waals surface area contributed by atoms with E-state index in [1.165, 1.54) is 12.8 Å². The lowest BCUT2D eigenvalue weighted by Crippen LogP contribution is -2.44. The van der Waals surface area contributed by atoms with E-state index in [0.717, 1.165) is 36.6 Å². The molecule has 3 heterocycles. The summed E-state index contributed by atoms with van der Waals surface area (Å²) in [6.07, 6.45) is 5.41. The van der Waals surface area contributed by atoms with E-state index in [2.05, 4.69) is 40.4 Å². The minimum absolute atomic E-state index is 0.258. The molecule has 1 aromatic heterocycles. The van der Waals surface area contributed by atoms with Crippen LogP contribution in [0, 0.1) is 6.92 Å². The number of hydrogen-bond acceptors (Lipinski definition) is 4. The van der Waals surface area contributed by atoms with E-state index < -0.39 is 0 Å². The summed E-state index contributed by atoms with van der Waals surface area (Å²) < 4.78 is 2.39. The van der Waals surface area contributed by atoms with Crippen molar-refractivity contribution < 1.29 is 4.79 Å². The van der Waals surface area contributed by atoms with E-state index in [4.69, 9.17) is 0 Å². The maximum atomic E-state index is 12.5. The average molecular weight is 367 g/mol. The highest BCUT2D eigenvalue weighted by Crippen LogP contribution is 2.42. The van der Waals surface area contributed by atoms with E-state index in [1.54, 1.807) is 0 Å². The van der Waals surface area contributed by atoms with Crippen molar-refractivity contribution in [3.8, 4) is 0 Å². The van der Waals surface area contributed by atoms with Crippen molar-refractivity contribution in [2.75, 3.05) is 6.54 Å². The third-order valence-electron chi connectivity index (χ3n) is 6.33. The number of rotatable bonds is 6. The number of hydrogen-bond donors (Lipinski definition) is 0. The lowest BCUT2D eigenvalue weighted by molar-refractivity contribution is 0.0852. The van der Waals surface area contributed by atoms with Crippen LogP contribution < -0.4 is 0 Å². The Morgan fingerprint density at radius 1 is 1.07 bits per heavy atom. The Balaban J connectivity index is 1.42. The van der Waals surface area contributed by atoms with Crippen LogP contribution in [0.2, 0.25) is 0 Å². The van der Waals surface area contributed by atoms with Gasteiger partial charge in [-0.15, -0.1) is 10.2 Å². The van der Waals surface area contributed by atoms with Gasteiger partial charge in [-0.1, -0.05) is 44.2 Å². The van der Waals surface area contributed by atoms with Gasteiger partial charge in [0.15, 0.2) is 5.78 Å². The van der Waals surface area contributed by atoms with E-state index in [9.17, 15) is 4.79 Å². The van der Waals surface area contributed by atoms with Crippen LogP contribution in [0.5, 0.6) is 0 Å². The monoisotopic (exact) mass is 366 g/mol. The van der Waals surface area contributed by atoms with Gasteiger partial charge in [-0.3, -0.25) is 9.69 Å². The highest BCUT2D eigenvalue weighted by atomic mass is 16.1. The van der Waals surface area contributed by atoms with Gasteiger partial charge in [0.05, 0.1) is 0 Å². The van der Waals surface area contributed by atoms with Gasteiger partial charge in [-0.2, -0.15) is 0 Å². The molecule has 0 radical (unpaired) electrons. The third-order valence-corrected chi connectivity index (χ3v) is 6.33. The van der Waals surface area contributed by atoms with Crippen LogP contribution in [0.25, 0.3) is 0 Å². The number of benzene rings is 1. The number of fused-ring (bicyclic) bond motifs is 2. The molecule has 2 bridgehead atoms. The topological polar surface area (TPSA) is 51.0 Å². The summed E-state index contributed by atoms with van der Waals surface area (Å²) >= 11 is 0. The number of nitrogens with zero attached hydrogens (tertiary/aromatic N) is 4. The van der Waals surface area contributed by atoms with Crippen molar-refractivity contribution in [2.45, 2.75) is 76.9 Å². The van der Waals surface area contributed by atoms with E-state index in [0.29, 0.717) is 30.5 Å². The molecule has 2 saturated heterocycles. The molecule has 2 unspecified atom stereocenters. The van der Waals surface area contributed by atoms with Crippen molar-refractivity contribution in [1.82, 2.24) is 19.7 Å². The summed E-state index contributed by atoms with van der Waals surface area (Å²) in [5.41, 5.74) is 0.835. The zero-order valence-corrected chi connectivity index (χ0v) is 16.6. The van der Waals surface area contributed by atoms with Crippen LogP contribution >= 0.6 is 0 Å². The molecule has 27 heavy (non-hydrogen) atoms.